The standard InChI is InChI=1S/C13H13FN4O3/c1-9-8-12(18(20)21)16-17(9)7-6-15-13(19)10-2-4-11(14)5-3-10/h2-5,8H,6-7H2,1H3,(H,15,19). The maximum Gasteiger partial charge on any atom is 0.390 e. The Bertz CT molecular complexity index is 667. The first-order chi connectivity index (χ1) is 9.97. The molecule has 0 aliphatic rings. The summed E-state index contributed by atoms with van der Waals surface area (Å²) in [4.78, 5) is 21.8. The third-order valence-corrected chi connectivity index (χ3v) is 2.87. The van der Waals surface area contributed by atoms with Crippen molar-refractivity contribution in [2.75, 3.05) is 6.54 Å². The Labute approximate surface area is 119 Å². The van der Waals surface area contributed by atoms with Crippen LogP contribution in [0.1, 0.15) is 16.1 Å². The topological polar surface area (TPSA) is 90.1 Å². The SMILES string of the molecule is Cc1cc([N+](=O)[O-])nn1CCNC(=O)c1ccc(F)cc1. The number of carbonyl (C=O) groups is 1. The molecule has 1 aromatic carbocycles. The lowest BCUT2D eigenvalue weighted by Crippen LogP contribution is -2.27. The summed E-state index contributed by atoms with van der Waals surface area (Å²) in [6.45, 7) is 2.27. The van der Waals surface area contributed by atoms with Crippen molar-refractivity contribution in [1.82, 2.24) is 15.1 Å². The number of aromatic nitrogens is 2. The van der Waals surface area contributed by atoms with Crippen molar-refractivity contribution in [2.45, 2.75) is 13.5 Å². The van der Waals surface area contributed by atoms with E-state index in [1.54, 1.807) is 6.92 Å². The number of hydrogen-bond donors (Lipinski definition) is 1. The predicted octanol–water partition coefficient (Wildman–Crippen LogP) is 1.67. The van der Waals surface area contributed by atoms with Crippen LogP contribution in [0.15, 0.2) is 30.3 Å². The van der Waals surface area contributed by atoms with Gasteiger partial charge in [-0.05, 0) is 36.1 Å². The fourth-order valence-corrected chi connectivity index (χ4v) is 1.79. The highest BCUT2D eigenvalue weighted by Gasteiger charge is 2.15. The molecule has 7 nitrogen and oxygen atoms in total. The summed E-state index contributed by atoms with van der Waals surface area (Å²) < 4.78 is 14.2. The first kappa shape index (κ1) is 14.6. The van der Waals surface area contributed by atoms with Gasteiger partial charge in [0.05, 0.1) is 23.4 Å². The lowest BCUT2D eigenvalue weighted by atomic mass is 10.2. The molecule has 0 radical (unpaired) electrons. The number of carbonyl (C=O) groups excluding carboxylic acids is 1. The molecule has 2 rings (SSSR count). The zero-order chi connectivity index (χ0) is 15.4. The third kappa shape index (κ3) is 3.62. The van der Waals surface area contributed by atoms with Gasteiger partial charge in [-0.15, -0.1) is 0 Å². The molecule has 1 aromatic heterocycles. The second kappa shape index (κ2) is 6.12. The zero-order valence-corrected chi connectivity index (χ0v) is 11.2. The molecule has 0 spiro atoms. The second-order valence-corrected chi connectivity index (χ2v) is 4.39. The highest BCUT2D eigenvalue weighted by atomic mass is 19.1. The van der Waals surface area contributed by atoms with Gasteiger partial charge >= 0.3 is 5.82 Å². The van der Waals surface area contributed by atoms with Crippen molar-refractivity contribution in [3.05, 3.63) is 57.5 Å². The van der Waals surface area contributed by atoms with Crippen molar-refractivity contribution in [3.63, 3.8) is 0 Å². The van der Waals surface area contributed by atoms with E-state index in [1.807, 2.05) is 0 Å². The van der Waals surface area contributed by atoms with Gasteiger partial charge in [-0.25, -0.2) is 4.39 Å². The quantitative estimate of drug-likeness (QED) is 0.670. The van der Waals surface area contributed by atoms with Crippen LogP contribution < -0.4 is 5.32 Å². The minimum absolute atomic E-state index is 0.225. The first-order valence-electron chi connectivity index (χ1n) is 6.20. The van der Waals surface area contributed by atoms with E-state index in [2.05, 4.69) is 10.4 Å². The normalized spacial score (nSPS) is 10.4. The fraction of sp³-hybridized carbons (Fsp3) is 0.231. The molecule has 2 aromatic rings. The molecule has 0 bridgehead atoms. The average Bonchev–Trinajstić information content (AvgIpc) is 2.81. The summed E-state index contributed by atoms with van der Waals surface area (Å²) in [7, 11) is 0. The molecular formula is C13H13FN4O3. The predicted molar refractivity (Wildman–Crippen MR) is 72.4 cm³/mol. The number of nitrogens with zero attached hydrogens (tertiary/aromatic N) is 3. The number of amides is 1. The van der Waals surface area contributed by atoms with E-state index in [4.69, 9.17) is 0 Å². The van der Waals surface area contributed by atoms with Crippen LogP contribution in [0, 0.1) is 22.9 Å². The van der Waals surface area contributed by atoms with Gasteiger partial charge in [-0.2, -0.15) is 4.68 Å². The number of rotatable bonds is 5. The number of hydrogen-bond acceptors (Lipinski definition) is 4. The maximum absolute atomic E-state index is 12.7. The summed E-state index contributed by atoms with van der Waals surface area (Å²) in [6.07, 6.45) is 0. The Morgan fingerprint density at radius 2 is 2.10 bits per heavy atom. The Kier molecular flexibility index (Phi) is 4.27. The smallest absolute Gasteiger partial charge is 0.358 e. The maximum atomic E-state index is 12.7. The van der Waals surface area contributed by atoms with Crippen molar-refractivity contribution >= 4 is 11.7 Å². The van der Waals surface area contributed by atoms with Gasteiger partial charge < -0.3 is 15.4 Å². The monoisotopic (exact) mass is 292 g/mol. The van der Waals surface area contributed by atoms with Crippen LogP contribution >= 0.6 is 0 Å². The summed E-state index contributed by atoms with van der Waals surface area (Å²) >= 11 is 0. The van der Waals surface area contributed by atoms with Gasteiger partial charge in [0.2, 0.25) is 0 Å². The molecule has 8 heteroatoms. The first-order valence-corrected chi connectivity index (χ1v) is 6.20. The Morgan fingerprint density at radius 1 is 1.43 bits per heavy atom. The highest BCUT2D eigenvalue weighted by Crippen LogP contribution is 2.10. The zero-order valence-electron chi connectivity index (χ0n) is 11.2. The molecule has 0 saturated heterocycles. The molecule has 0 atom stereocenters. The molecule has 0 unspecified atom stereocenters. The van der Waals surface area contributed by atoms with E-state index in [1.165, 1.54) is 35.0 Å². The van der Waals surface area contributed by atoms with Crippen LogP contribution in [0.2, 0.25) is 0 Å². The van der Waals surface area contributed by atoms with Crippen LogP contribution in [-0.2, 0) is 6.54 Å². The molecular weight excluding hydrogens is 279 g/mol. The molecule has 0 aliphatic heterocycles. The van der Waals surface area contributed by atoms with Crippen molar-refractivity contribution in [2.24, 2.45) is 0 Å². The molecule has 0 fully saturated rings. The number of nitro groups is 1. The lowest BCUT2D eigenvalue weighted by molar-refractivity contribution is -0.389. The van der Waals surface area contributed by atoms with Crippen LogP contribution in [0.3, 0.4) is 0 Å². The number of halogens is 1. The van der Waals surface area contributed by atoms with Crippen LogP contribution in [-0.4, -0.2) is 27.2 Å². The van der Waals surface area contributed by atoms with Crippen LogP contribution in [0.5, 0.6) is 0 Å². The van der Waals surface area contributed by atoms with E-state index in [9.17, 15) is 19.3 Å². The lowest BCUT2D eigenvalue weighted by Gasteiger charge is -2.04. The number of nitrogens with one attached hydrogen (secondary N) is 1. The van der Waals surface area contributed by atoms with E-state index in [-0.39, 0.29) is 18.3 Å². The molecule has 0 aliphatic carbocycles. The van der Waals surface area contributed by atoms with Gasteiger partial charge in [-0.3, -0.25) is 4.79 Å². The van der Waals surface area contributed by atoms with E-state index < -0.39 is 10.7 Å². The summed E-state index contributed by atoms with van der Waals surface area (Å²) in [6, 6.07) is 6.54. The summed E-state index contributed by atoms with van der Waals surface area (Å²) in [5.41, 5.74) is 0.984. The van der Waals surface area contributed by atoms with Crippen LogP contribution in [0.4, 0.5) is 10.2 Å². The van der Waals surface area contributed by atoms with Crippen LogP contribution in [0.25, 0.3) is 0 Å². The van der Waals surface area contributed by atoms with E-state index in [0.717, 1.165) is 0 Å². The summed E-state index contributed by atoms with van der Waals surface area (Å²) in [5, 5.41) is 17.0. The minimum Gasteiger partial charge on any atom is -0.358 e. The van der Waals surface area contributed by atoms with Gasteiger partial charge in [0.15, 0.2) is 0 Å². The molecule has 0 saturated carbocycles. The highest BCUT2D eigenvalue weighted by molar-refractivity contribution is 5.94. The minimum atomic E-state index is -0.569. The Balaban J connectivity index is 1.91. The molecule has 1 amide bonds. The fourth-order valence-electron chi connectivity index (χ4n) is 1.79. The van der Waals surface area contributed by atoms with Gasteiger partial charge in [0.25, 0.3) is 5.91 Å². The third-order valence-electron chi connectivity index (χ3n) is 2.87. The molecule has 1 N–H and O–H groups in total. The van der Waals surface area contributed by atoms with Crippen molar-refractivity contribution in [1.29, 1.82) is 0 Å². The van der Waals surface area contributed by atoms with Gasteiger partial charge in [0, 0.05) is 12.1 Å². The summed E-state index contributed by atoms with van der Waals surface area (Å²) in [5.74, 6) is -0.974. The average molecular weight is 292 g/mol. The number of benzene rings is 1. The van der Waals surface area contributed by atoms with Gasteiger partial charge in [-0.1, -0.05) is 0 Å². The largest absolute Gasteiger partial charge is 0.390 e. The molecule has 110 valence electrons. The van der Waals surface area contributed by atoms with E-state index >= 15 is 0 Å². The van der Waals surface area contributed by atoms with E-state index in [0.29, 0.717) is 17.8 Å². The Morgan fingerprint density at radius 3 is 2.67 bits per heavy atom. The van der Waals surface area contributed by atoms with Crippen molar-refractivity contribution in [3.8, 4) is 0 Å². The number of aryl methyl sites for hydroxylation is 1. The molecule has 21 heavy (non-hydrogen) atoms. The Hall–Kier alpha value is -2.77. The van der Waals surface area contributed by atoms with Crippen molar-refractivity contribution < 1.29 is 14.1 Å². The van der Waals surface area contributed by atoms with Gasteiger partial charge in [0.1, 0.15) is 5.82 Å². The molecule has 1 heterocycles. The second-order valence-electron chi connectivity index (χ2n) is 4.39.